The van der Waals surface area contributed by atoms with Crippen LogP contribution in [0.15, 0.2) is 24.3 Å². The standard InChI is InChI=1S/C17H23N3O5S/c1-25-13-5-3-12(4-6-13)10-18-15(21)14-9-17(16(22)19-14)7-8-20(11-17)26(2,23)24/h3-6,14H,7-11H2,1-2H3,(H,18,21)(H,19,22)/t14-,17-/m0/s1. The van der Waals surface area contributed by atoms with Crippen molar-refractivity contribution in [3.05, 3.63) is 29.8 Å². The predicted octanol–water partition coefficient (Wildman–Crippen LogP) is -0.148. The fourth-order valence-electron chi connectivity index (χ4n) is 3.53. The largest absolute Gasteiger partial charge is 0.497 e. The molecule has 2 saturated heterocycles. The van der Waals surface area contributed by atoms with E-state index >= 15 is 0 Å². The molecule has 142 valence electrons. The van der Waals surface area contributed by atoms with Crippen LogP contribution >= 0.6 is 0 Å². The molecular formula is C17H23N3O5S. The number of carbonyl (C=O) groups is 2. The average Bonchev–Trinajstić information content (AvgIpc) is 3.18. The minimum Gasteiger partial charge on any atom is -0.497 e. The summed E-state index contributed by atoms with van der Waals surface area (Å²) in [5.74, 6) is 0.235. The third kappa shape index (κ3) is 3.68. The second-order valence-electron chi connectivity index (χ2n) is 6.92. The van der Waals surface area contributed by atoms with E-state index in [0.717, 1.165) is 17.6 Å². The van der Waals surface area contributed by atoms with Gasteiger partial charge in [0.2, 0.25) is 21.8 Å². The highest BCUT2D eigenvalue weighted by molar-refractivity contribution is 7.88. The van der Waals surface area contributed by atoms with E-state index in [1.54, 1.807) is 7.11 Å². The van der Waals surface area contributed by atoms with Crippen molar-refractivity contribution in [1.29, 1.82) is 0 Å². The van der Waals surface area contributed by atoms with Crippen LogP contribution in [0.3, 0.4) is 0 Å². The van der Waals surface area contributed by atoms with Crippen LogP contribution in [0.2, 0.25) is 0 Å². The van der Waals surface area contributed by atoms with Crippen molar-refractivity contribution in [1.82, 2.24) is 14.9 Å². The van der Waals surface area contributed by atoms with Crippen LogP contribution in [-0.4, -0.2) is 57.0 Å². The molecule has 3 rings (SSSR count). The zero-order chi connectivity index (χ0) is 18.9. The monoisotopic (exact) mass is 381 g/mol. The summed E-state index contributed by atoms with van der Waals surface area (Å²) in [6.07, 6.45) is 1.89. The molecule has 2 N–H and O–H groups in total. The Morgan fingerprint density at radius 2 is 2.08 bits per heavy atom. The first-order valence-corrected chi connectivity index (χ1v) is 10.3. The van der Waals surface area contributed by atoms with Gasteiger partial charge in [-0.1, -0.05) is 12.1 Å². The summed E-state index contributed by atoms with van der Waals surface area (Å²) in [5.41, 5.74) is 0.118. The van der Waals surface area contributed by atoms with Crippen LogP contribution in [0.5, 0.6) is 5.75 Å². The van der Waals surface area contributed by atoms with E-state index in [4.69, 9.17) is 4.74 Å². The number of rotatable bonds is 5. The van der Waals surface area contributed by atoms with E-state index in [9.17, 15) is 18.0 Å². The van der Waals surface area contributed by atoms with Gasteiger partial charge in [-0.15, -0.1) is 0 Å². The molecule has 1 aromatic carbocycles. The number of hydrogen-bond donors (Lipinski definition) is 2. The normalized spacial score (nSPS) is 26.1. The molecule has 2 aliphatic rings. The van der Waals surface area contributed by atoms with E-state index in [1.165, 1.54) is 4.31 Å². The van der Waals surface area contributed by atoms with E-state index in [1.807, 2.05) is 24.3 Å². The number of amides is 2. The van der Waals surface area contributed by atoms with Gasteiger partial charge in [0.05, 0.1) is 18.8 Å². The minimum absolute atomic E-state index is 0.139. The fourth-order valence-corrected chi connectivity index (χ4v) is 4.43. The van der Waals surface area contributed by atoms with Crippen molar-refractivity contribution in [3.8, 4) is 5.75 Å². The number of sulfonamides is 1. The van der Waals surface area contributed by atoms with Crippen molar-refractivity contribution in [3.63, 3.8) is 0 Å². The van der Waals surface area contributed by atoms with Crippen LogP contribution in [-0.2, 0) is 26.2 Å². The molecular weight excluding hydrogens is 358 g/mol. The fraction of sp³-hybridized carbons (Fsp3) is 0.529. The van der Waals surface area contributed by atoms with Crippen molar-refractivity contribution < 1.29 is 22.7 Å². The van der Waals surface area contributed by atoms with Gasteiger partial charge in [0.1, 0.15) is 11.8 Å². The maximum absolute atomic E-state index is 12.4. The Balaban J connectivity index is 1.59. The summed E-state index contributed by atoms with van der Waals surface area (Å²) in [6, 6.07) is 6.70. The molecule has 0 bridgehead atoms. The average molecular weight is 381 g/mol. The molecule has 8 nitrogen and oxygen atoms in total. The lowest BCUT2D eigenvalue weighted by Gasteiger charge is -2.20. The smallest absolute Gasteiger partial charge is 0.242 e. The predicted molar refractivity (Wildman–Crippen MR) is 94.9 cm³/mol. The summed E-state index contributed by atoms with van der Waals surface area (Å²) in [6.45, 7) is 0.796. The van der Waals surface area contributed by atoms with Gasteiger partial charge in [-0.25, -0.2) is 12.7 Å². The summed E-state index contributed by atoms with van der Waals surface area (Å²) in [4.78, 5) is 24.8. The molecule has 0 unspecified atom stereocenters. The Hall–Kier alpha value is -2.13. The van der Waals surface area contributed by atoms with E-state index in [0.29, 0.717) is 25.9 Å². The molecule has 9 heteroatoms. The van der Waals surface area contributed by atoms with Crippen molar-refractivity contribution in [2.45, 2.75) is 25.4 Å². The van der Waals surface area contributed by atoms with E-state index in [2.05, 4.69) is 10.6 Å². The molecule has 2 aliphatic heterocycles. The highest BCUT2D eigenvalue weighted by Gasteiger charge is 2.53. The number of benzene rings is 1. The topological polar surface area (TPSA) is 105 Å². The number of hydrogen-bond acceptors (Lipinski definition) is 5. The summed E-state index contributed by atoms with van der Waals surface area (Å²) in [5, 5.41) is 5.54. The summed E-state index contributed by atoms with van der Waals surface area (Å²) < 4.78 is 29.8. The van der Waals surface area contributed by atoms with Crippen molar-refractivity contribution >= 4 is 21.8 Å². The van der Waals surface area contributed by atoms with Gasteiger partial charge < -0.3 is 15.4 Å². The van der Waals surface area contributed by atoms with Crippen LogP contribution in [0.25, 0.3) is 0 Å². The zero-order valence-electron chi connectivity index (χ0n) is 14.8. The molecule has 26 heavy (non-hydrogen) atoms. The van der Waals surface area contributed by atoms with Gasteiger partial charge in [-0.3, -0.25) is 9.59 Å². The summed E-state index contributed by atoms with van der Waals surface area (Å²) >= 11 is 0. The van der Waals surface area contributed by atoms with Gasteiger partial charge in [0.25, 0.3) is 0 Å². The first kappa shape index (κ1) is 18.7. The third-order valence-corrected chi connectivity index (χ3v) is 6.36. The molecule has 0 radical (unpaired) electrons. The quantitative estimate of drug-likeness (QED) is 0.738. The van der Waals surface area contributed by atoms with Gasteiger partial charge in [-0.2, -0.15) is 0 Å². The number of nitrogens with zero attached hydrogens (tertiary/aromatic N) is 1. The Bertz CT molecular complexity index is 808. The molecule has 0 saturated carbocycles. The molecule has 0 aliphatic carbocycles. The molecule has 2 amide bonds. The lowest BCUT2D eigenvalue weighted by molar-refractivity contribution is -0.128. The maximum atomic E-state index is 12.4. The van der Waals surface area contributed by atoms with E-state index < -0.39 is 21.5 Å². The number of nitrogens with one attached hydrogen (secondary N) is 2. The maximum Gasteiger partial charge on any atom is 0.242 e. The Labute approximate surface area is 152 Å². The summed E-state index contributed by atoms with van der Waals surface area (Å²) in [7, 11) is -1.75. The lowest BCUT2D eigenvalue weighted by Crippen LogP contribution is -2.41. The first-order valence-electron chi connectivity index (χ1n) is 8.40. The molecule has 2 heterocycles. The lowest BCUT2D eigenvalue weighted by atomic mass is 9.84. The molecule has 1 aromatic rings. The Kier molecular flexibility index (Phi) is 4.94. The van der Waals surface area contributed by atoms with Crippen molar-refractivity contribution in [2.75, 3.05) is 26.5 Å². The molecule has 2 atom stereocenters. The Morgan fingerprint density at radius 3 is 2.65 bits per heavy atom. The van der Waals surface area contributed by atoms with Gasteiger partial charge in [0, 0.05) is 19.6 Å². The van der Waals surface area contributed by atoms with Gasteiger partial charge in [-0.05, 0) is 30.5 Å². The van der Waals surface area contributed by atoms with Crippen LogP contribution < -0.4 is 15.4 Å². The highest BCUT2D eigenvalue weighted by Crippen LogP contribution is 2.40. The van der Waals surface area contributed by atoms with Gasteiger partial charge >= 0.3 is 0 Å². The third-order valence-electron chi connectivity index (χ3n) is 5.11. The number of methoxy groups -OCH3 is 1. The molecule has 2 fully saturated rings. The minimum atomic E-state index is -3.34. The second-order valence-corrected chi connectivity index (χ2v) is 8.91. The SMILES string of the molecule is COc1ccc(CNC(=O)[C@@H]2C[C@]3(CCN(S(C)(=O)=O)C3)C(=O)N2)cc1. The molecule has 0 aromatic heterocycles. The molecule has 1 spiro atoms. The Morgan fingerprint density at radius 1 is 1.38 bits per heavy atom. The number of ether oxygens (including phenoxy) is 1. The van der Waals surface area contributed by atoms with Gasteiger partial charge in [0.15, 0.2) is 0 Å². The number of carbonyl (C=O) groups excluding carboxylic acids is 2. The van der Waals surface area contributed by atoms with Crippen molar-refractivity contribution in [2.24, 2.45) is 5.41 Å². The second kappa shape index (κ2) is 6.88. The first-order chi connectivity index (χ1) is 12.2. The van der Waals surface area contributed by atoms with Crippen LogP contribution in [0, 0.1) is 5.41 Å². The van der Waals surface area contributed by atoms with Crippen LogP contribution in [0.1, 0.15) is 18.4 Å². The highest BCUT2D eigenvalue weighted by atomic mass is 32.2. The van der Waals surface area contributed by atoms with Crippen LogP contribution in [0.4, 0.5) is 0 Å². The van der Waals surface area contributed by atoms with E-state index in [-0.39, 0.29) is 18.4 Å². The zero-order valence-corrected chi connectivity index (χ0v) is 15.6.